The van der Waals surface area contributed by atoms with Crippen molar-refractivity contribution in [2.75, 3.05) is 38.8 Å². The maximum atomic E-state index is 12.6. The van der Waals surface area contributed by atoms with E-state index in [1.165, 1.54) is 18.2 Å². The highest BCUT2D eigenvalue weighted by Crippen LogP contribution is 2.32. The molecule has 2 fully saturated rings. The van der Waals surface area contributed by atoms with Gasteiger partial charge in [0.05, 0.1) is 17.7 Å². The molecular formula is C31H55F3N6O4S. The Morgan fingerprint density at radius 2 is 1.64 bits per heavy atom. The first kappa shape index (κ1) is 42.8. The highest BCUT2D eigenvalue weighted by molar-refractivity contribution is 7.99. The molecule has 0 saturated carbocycles. The third-order valence-corrected chi connectivity index (χ3v) is 7.99. The van der Waals surface area contributed by atoms with Crippen LogP contribution in [0, 0.1) is 5.41 Å². The van der Waals surface area contributed by atoms with Crippen LogP contribution in [0.5, 0.6) is 0 Å². The Bertz CT molecular complexity index is 998. The number of thioether (sulfide) groups is 1. The van der Waals surface area contributed by atoms with Gasteiger partial charge in [0.25, 0.3) is 0 Å². The first-order valence-corrected chi connectivity index (χ1v) is 16.3. The molecule has 0 radical (unpaired) electrons. The molecule has 1 aromatic carbocycles. The number of likely N-dealkylation sites (N-methyl/N-ethyl adjacent to an activating group) is 1. The monoisotopic (exact) mass is 664 g/mol. The topological polar surface area (TPSA) is 161 Å². The Labute approximate surface area is 271 Å². The zero-order valence-corrected chi connectivity index (χ0v) is 28.6. The number of fused-ring (bicyclic) bond motifs is 1. The van der Waals surface area contributed by atoms with E-state index in [0.29, 0.717) is 30.8 Å². The number of halogens is 3. The lowest BCUT2D eigenvalue weighted by Crippen LogP contribution is -2.57. The number of ether oxygens (including phenoxy) is 1. The van der Waals surface area contributed by atoms with E-state index in [-0.39, 0.29) is 22.6 Å². The number of nitrogens with one attached hydrogen (secondary N) is 4. The molecule has 2 aliphatic heterocycles. The largest absolute Gasteiger partial charge is 0.423 e. The molecule has 2 aliphatic rings. The molecular weight excluding hydrogens is 609 g/mol. The van der Waals surface area contributed by atoms with Gasteiger partial charge in [-0.2, -0.15) is 24.9 Å². The number of amides is 2. The number of hydrogen-bond donors (Lipinski definition) is 6. The Morgan fingerprint density at radius 1 is 1.04 bits per heavy atom. The summed E-state index contributed by atoms with van der Waals surface area (Å²) in [5.41, 5.74) is 7.54. The van der Waals surface area contributed by atoms with E-state index in [4.69, 9.17) is 16.2 Å². The molecule has 45 heavy (non-hydrogen) atoms. The van der Waals surface area contributed by atoms with Crippen LogP contribution in [0.3, 0.4) is 0 Å². The van der Waals surface area contributed by atoms with Crippen molar-refractivity contribution in [3.05, 3.63) is 35.4 Å². The van der Waals surface area contributed by atoms with Gasteiger partial charge >= 0.3 is 12.2 Å². The van der Waals surface area contributed by atoms with Gasteiger partial charge in [-0.25, -0.2) is 4.79 Å². The van der Waals surface area contributed by atoms with Gasteiger partial charge in [0, 0.05) is 43.0 Å². The van der Waals surface area contributed by atoms with Crippen LogP contribution < -0.4 is 32.7 Å². The van der Waals surface area contributed by atoms with Gasteiger partial charge in [-0.15, -0.1) is 0 Å². The third kappa shape index (κ3) is 17.3. The van der Waals surface area contributed by atoms with Crippen LogP contribution in [0.25, 0.3) is 0 Å². The van der Waals surface area contributed by atoms with E-state index in [9.17, 15) is 27.6 Å². The molecule has 14 heteroatoms. The number of carbonyl (C=O) groups is 3. The number of nitrogens with two attached hydrogens (primary N) is 2. The molecule has 2 atom stereocenters. The minimum absolute atomic E-state index is 0.00491. The minimum atomic E-state index is -4.68. The summed E-state index contributed by atoms with van der Waals surface area (Å²) < 4.78 is 43.4. The summed E-state index contributed by atoms with van der Waals surface area (Å²) in [4.78, 5) is 30.8. The summed E-state index contributed by atoms with van der Waals surface area (Å²) in [5.74, 6) is 2.15. The number of unbranched alkanes of at least 4 members (excludes halogenated alkanes) is 2. The normalized spacial score (nSPS) is 17.6. The van der Waals surface area contributed by atoms with Crippen molar-refractivity contribution in [1.29, 1.82) is 0 Å². The Hall–Kier alpha value is -2.23. The number of hydrogen-bond acceptors (Lipinski definition) is 9. The summed E-state index contributed by atoms with van der Waals surface area (Å²) in [6.45, 7) is 11.9. The van der Waals surface area contributed by atoms with Crippen LogP contribution >= 0.6 is 11.8 Å². The molecule has 2 heterocycles. The van der Waals surface area contributed by atoms with Crippen LogP contribution in [-0.2, 0) is 26.5 Å². The number of carbonyl (C=O) groups excluding carboxylic acids is 3. The third-order valence-electron chi connectivity index (χ3n) is 6.80. The summed E-state index contributed by atoms with van der Waals surface area (Å²) in [6.07, 6.45) is 0.943. The van der Waals surface area contributed by atoms with Gasteiger partial charge < -0.3 is 47.1 Å². The number of urea groups is 1. The molecule has 3 rings (SSSR count). The Kier molecular flexibility index (Phi) is 19.8. The Morgan fingerprint density at radius 3 is 2.09 bits per heavy atom. The van der Waals surface area contributed by atoms with Crippen molar-refractivity contribution in [2.45, 2.75) is 96.4 Å². The van der Waals surface area contributed by atoms with Crippen molar-refractivity contribution >= 4 is 30.4 Å². The average Bonchev–Trinajstić information content (AvgIpc) is 3.53. The summed E-state index contributed by atoms with van der Waals surface area (Å²) in [6, 6.07) is 6.64. The van der Waals surface area contributed by atoms with Gasteiger partial charge in [-0.3, -0.25) is 0 Å². The number of aldehydes is 2. The van der Waals surface area contributed by atoms with E-state index >= 15 is 0 Å². The lowest BCUT2D eigenvalue weighted by Gasteiger charge is -2.28. The van der Waals surface area contributed by atoms with Crippen molar-refractivity contribution in [2.24, 2.45) is 16.9 Å². The number of alkyl halides is 3. The zero-order chi connectivity index (χ0) is 34.7. The van der Waals surface area contributed by atoms with Gasteiger partial charge in [0.15, 0.2) is 5.66 Å². The molecule has 0 spiro atoms. The molecule has 2 amide bonds. The summed E-state index contributed by atoms with van der Waals surface area (Å²) in [5, 5.41) is 11.6. The molecule has 0 bridgehead atoms. The van der Waals surface area contributed by atoms with Crippen molar-refractivity contribution in [3.8, 4) is 0 Å². The highest BCUT2D eigenvalue weighted by Gasteiger charge is 2.50. The smallest absolute Gasteiger partial charge is 0.374 e. The molecule has 1 aromatic rings. The van der Waals surface area contributed by atoms with E-state index in [1.54, 1.807) is 13.1 Å². The predicted octanol–water partition coefficient (Wildman–Crippen LogP) is 3.81. The average molecular weight is 665 g/mol. The predicted molar refractivity (Wildman–Crippen MR) is 176 cm³/mol. The van der Waals surface area contributed by atoms with Crippen LogP contribution in [0.1, 0.15) is 71.4 Å². The second-order valence-corrected chi connectivity index (χ2v) is 13.3. The molecule has 0 aromatic heterocycles. The first-order valence-electron chi connectivity index (χ1n) is 15.1. The van der Waals surface area contributed by atoms with Crippen molar-refractivity contribution in [3.63, 3.8) is 0 Å². The molecule has 8 N–H and O–H groups in total. The van der Waals surface area contributed by atoms with Gasteiger partial charge in [-0.1, -0.05) is 51.5 Å². The van der Waals surface area contributed by atoms with Crippen LogP contribution in [-0.4, -0.2) is 81.2 Å². The molecule has 260 valence electrons. The highest BCUT2D eigenvalue weighted by atomic mass is 32.2. The van der Waals surface area contributed by atoms with Crippen LogP contribution in [0.2, 0.25) is 0 Å². The fourth-order valence-electron chi connectivity index (χ4n) is 3.94. The second-order valence-electron chi connectivity index (χ2n) is 12.3. The first-order chi connectivity index (χ1) is 20.9. The lowest BCUT2D eigenvalue weighted by atomic mass is 9.92. The number of rotatable bonds is 13. The summed E-state index contributed by atoms with van der Waals surface area (Å²) in [7, 11) is 3.61. The Balaban J connectivity index is 0.000000606. The zero-order valence-electron chi connectivity index (χ0n) is 27.8. The second kappa shape index (κ2) is 20.8. The van der Waals surface area contributed by atoms with Crippen molar-refractivity contribution < 1.29 is 32.3 Å². The van der Waals surface area contributed by atoms with E-state index in [1.807, 2.05) is 46.5 Å². The van der Waals surface area contributed by atoms with Gasteiger partial charge in [0.1, 0.15) is 12.6 Å². The lowest BCUT2D eigenvalue weighted by molar-refractivity contribution is -0.188. The van der Waals surface area contributed by atoms with Crippen LogP contribution in [0.4, 0.5) is 18.0 Å². The van der Waals surface area contributed by atoms with Gasteiger partial charge in [-0.05, 0) is 51.9 Å². The fourth-order valence-corrected chi connectivity index (χ4v) is 5.21. The quantitative estimate of drug-likeness (QED) is 0.0798. The number of benzene rings is 1. The fraction of sp³-hybridized carbons (Fsp3) is 0.710. The maximum Gasteiger partial charge on any atom is 0.423 e. The van der Waals surface area contributed by atoms with Crippen molar-refractivity contribution in [1.82, 2.24) is 21.3 Å². The molecule has 2 saturated heterocycles. The summed E-state index contributed by atoms with van der Waals surface area (Å²) >= 11 is 1.89. The van der Waals surface area contributed by atoms with E-state index < -0.39 is 11.8 Å². The maximum absolute atomic E-state index is 12.6. The van der Waals surface area contributed by atoms with E-state index in [0.717, 1.165) is 56.3 Å². The van der Waals surface area contributed by atoms with Gasteiger partial charge in [0.2, 0.25) is 0 Å². The molecule has 1 unspecified atom stereocenters. The SMILES string of the molecule is CCCCC=O.CNCC(C)(C)OCCC(C)(C)C=O.CNCc1cccc(C(N)(N)C(F)(F)F)c1.O=C1NC2CSC[C@H]2N1. The molecule has 10 nitrogen and oxygen atoms in total. The van der Waals surface area contributed by atoms with E-state index in [2.05, 4.69) is 28.2 Å². The minimum Gasteiger partial charge on any atom is -0.374 e. The van der Waals surface area contributed by atoms with Crippen LogP contribution in [0.15, 0.2) is 24.3 Å². The standard InChI is InChI=1S/C11H23NO2.C10H14F3N3.C5H8N2OS.C5H10O/c1-10(2,9-13)6-7-14-11(3,4)8-12-5;1-16-6-7-3-2-4-8(5-7)9(14,15)10(11,12)13;8-5-6-3-1-9-2-4(3)7-5;1-2-3-4-5-6/h9,12H,6-8H2,1-5H3;2-5,16H,6,14-15H2,1H3;3-4H,1-2H2,(H2,6,7,8);5H,2-4H2,1H3/t;;3-,4?;/m..1./s1. The molecule has 0 aliphatic carbocycles.